The summed E-state index contributed by atoms with van der Waals surface area (Å²) in [6.45, 7) is 1.32. The lowest BCUT2D eigenvalue weighted by atomic mass is 10.1. The molecule has 10 heavy (non-hydrogen) atoms. The first kappa shape index (κ1) is 7.38. The highest BCUT2D eigenvalue weighted by Crippen LogP contribution is 2.12. The van der Waals surface area contributed by atoms with Gasteiger partial charge in [0.1, 0.15) is 0 Å². The fourth-order valence-corrected chi connectivity index (χ4v) is 1.08. The molecule has 4 nitrogen and oxygen atoms in total. The van der Waals surface area contributed by atoms with Crippen molar-refractivity contribution in [1.29, 1.82) is 0 Å². The van der Waals surface area contributed by atoms with E-state index in [9.17, 15) is 0 Å². The molecule has 0 amide bonds. The minimum atomic E-state index is 0.185. The quantitative estimate of drug-likeness (QED) is 0.329. The summed E-state index contributed by atoms with van der Waals surface area (Å²) in [4.78, 5) is 2.67. The predicted octanol–water partition coefficient (Wildman–Crippen LogP) is 1.87. The molecule has 1 fully saturated rings. The van der Waals surface area contributed by atoms with E-state index in [1.165, 1.54) is 6.42 Å². The zero-order chi connectivity index (χ0) is 7.23. The number of hydrogen-bond acceptors (Lipinski definition) is 2. The van der Waals surface area contributed by atoms with Gasteiger partial charge in [-0.1, -0.05) is 5.11 Å². The van der Waals surface area contributed by atoms with Crippen LogP contribution in [0.5, 0.6) is 0 Å². The average molecular weight is 141 g/mol. The Morgan fingerprint density at radius 1 is 1.60 bits per heavy atom. The van der Waals surface area contributed by atoms with Crippen molar-refractivity contribution in [3.05, 3.63) is 10.4 Å². The Hall–Kier alpha value is -0.730. The van der Waals surface area contributed by atoms with Gasteiger partial charge >= 0.3 is 0 Å². The highest BCUT2D eigenvalue weighted by atomic mass is 16.5. The van der Waals surface area contributed by atoms with Gasteiger partial charge in [-0.15, -0.1) is 0 Å². The summed E-state index contributed by atoms with van der Waals surface area (Å²) in [6, 6.07) is 0. The zero-order valence-corrected chi connectivity index (χ0v) is 5.86. The van der Waals surface area contributed by atoms with E-state index < -0.39 is 0 Å². The molecule has 0 aromatic heterocycles. The van der Waals surface area contributed by atoms with Crippen molar-refractivity contribution in [3.8, 4) is 0 Å². The van der Waals surface area contributed by atoms with E-state index in [1.54, 1.807) is 0 Å². The molecule has 0 radical (unpaired) electrons. The largest absolute Gasteiger partial charge is 0.378 e. The second-order valence-electron chi connectivity index (χ2n) is 2.40. The van der Waals surface area contributed by atoms with Crippen LogP contribution in [0.1, 0.15) is 19.3 Å². The van der Waals surface area contributed by atoms with Crippen LogP contribution in [0.3, 0.4) is 0 Å². The molecule has 0 spiro atoms. The highest BCUT2D eigenvalue weighted by molar-refractivity contribution is 4.65. The first-order valence-corrected chi connectivity index (χ1v) is 3.56. The molecule has 0 aromatic carbocycles. The van der Waals surface area contributed by atoms with Crippen molar-refractivity contribution in [2.24, 2.45) is 5.11 Å². The highest BCUT2D eigenvalue weighted by Gasteiger charge is 2.11. The van der Waals surface area contributed by atoms with Gasteiger partial charge in [-0.25, -0.2) is 0 Å². The smallest absolute Gasteiger partial charge is 0.0631 e. The lowest BCUT2D eigenvalue weighted by Crippen LogP contribution is -2.21. The van der Waals surface area contributed by atoms with Crippen LogP contribution in [-0.2, 0) is 4.74 Å². The summed E-state index contributed by atoms with van der Waals surface area (Å²) < 4.78 is 5.32. The van der Waals surface area contributed by atoms with Crippen LogP contribution in [0.25, 0.3) is 10.4 Å². The summed E-state index contributed by atoms with van der Waals surface area (Å²) >= 11 is 0. The molecule has 0 N–H and O–H groups in total. The second kappa shape index (κ2) is 4.14. The van der Waals surface area contributed by atoms with Crippen molar-refractivity contribution in [2.45, 2.75) is 25.4 Å². The number of nitrogens with zero attached hydrogens (tertiary/aromatic N) is 3. The van der Waals surface area contributed by atoms with Gasteiger partial charge in [-0.3, -0.25) is 0 Å². The minimum Gasteiger partial charge on any atom is -0.378 e. The summed E-state index contributed by atoms with van der Waals surface area (Å²) in [5.74, 6) is 0. The predicted molar refractivity (Wildman–Crippen MR) is 37.6 cm³/mol. The molecule has 0 aromatic rings. The maximum Gasteiger partial charge on any atom is 0.0631 e. The molecular formula is C6H11N3O. The number of hydrogen-bond donors (Lipinski definition) is 0. The van der Waals surface area contributed by atoms with Crippen molar-refractivity contribution in [3.63, 3.8) is 0 Å². The Balaban J connectivity index is 2.19. The number of ether oxygens (including phenoxy) is 1. The summed E-state index contributed by atoms with van der Waals surface area (Å²) in [5.41, 5.74) is 8.00. The average Bonchev–Trinajstić information content (AvgIpc) is 2.03. The van der Waals surface area contributed by atoms with Crippen LogP contribution >= 0.6 is 0 Å². The van der Waals surface area contributed by atoms with Crippen LogP contribution in [0, 0.1) is 0 Å². The molecule has 0 bridgehead atoms. The first-order chi connectivity index (χ1) is 4.93. The first-order valence-electron chi connectivity index (χ1n) is 3.56. The lowest BCUT2D eigenvalue weighted by Gasteiger charge is -2.20. The van der Waals surface area contributed by atoms with Crippen LogP contribution in [0.15, 0.2) is 5.11 Å². The van der Waals surface area contributed by atoms with E-state index in [1.807, 2.05) is 0 Å². The van der Waals surface area contributed by atoms with Gasteiger partial charge in [0, 0.05) is 11.5 Å². The maximum atomic E-state index is 8.00. The van der Waals surface area contributed by atoms with Gasteiger partial charge in [-0.05, 0) is 24.8 Å². The third-order valence-corrected chi connectivity index (χ3v) is 1.62. The van der Waals surface area contributed by atoms with Crippen molar-refractivity contribution in [1.82, 2.24) is 0 Å². The van der Waals surface area contributed by atoms with Gasteiger partial charge in [0.2, 0.25) is 0 Å². The van der Waals surface area contributed by atoms with Crippen LogP contribution in [-0.4, -0.2) is 19.3 Å². The van der Waals surface area contributed by atoms with Crippen LogP contribution in [0.4, 0.5) is 0 Å². The molecule has 0 aliphatic carbocycles. The standard InChI is InChI=1S/C6H11N3O/c7-9-8-5-6-3-1-2-4-10-6/h6H,1-5H2/t6-/m0/s1. The second-order valence-corrected chi connectivity index (χ2v) is 2.40. The molecule has 1 rings (SSSR count). The Kier molecular flexibility index (Phi) is 3.06. The number of azide groups is 1. The van der Waals surface area contributed by atoms with E-state index in [-0.39, 0.29) is 6.10 Å². The Labute approximate surface area is 59.8 Å². The van der Waals surface area contributed by atoms with Crippen LogP contribution in [0.2, 0.25) is 0 Å². The van der Waals surface area contributed by atoms with Crippen molar-refractivity contribution in [2.75, 3.05) is 13.2 Å². The van der Waals surface area contributed by atoms with Gasteiger partial charge in [-0.2, -0.15) is 0 Å². The topological polar surface area (TPSA) is 58.0 Å². The third kappa shape index (κ3) is 2.25. The molecule has 1 saturated heterocycles. The van der Waals surface area contributed by atoms with Gasteiger partial charge in [0.15, 0.2) is 0 Å². The lowest BCUT2D eigenvalue weighted by molar-refractivity contribution is 0.0222. The number of rotatable bonds is 2. The maximum absolute atomic E-state index is 8.00. The van der Waals surface area contributed by atoms with E-state index in [2.05, 4.69) is 10.0 Å². The fraction of sp³-hybridized carbons (Fsp3) is 1.00. The van der Waals surface area contributed by atoms with Crippen molar-refractivity contribution < 1.29 is 4.74 Å². The normalized spacial score (nSPS) is 25.4. The van der Waals surface area contributed by atoms with Gasteiger partial charge < -0.3 is 4.74 Å². The Morgan fingerprint density at radius 2 is 2.50 bits per heavy atom. The van der Waals surface area contributed by atoms with E-state index >= 15 is 0 Å². The Bertz CT molecular complexity index is 136. The summed E-state index contributed by atoms with van der Waals surface area (Å²) in [7, 11) is 0. The van der Waals surface area contributed by atoms with E-state index in [4.69, 9.17) is 10.3 Å². The molecule has 56 valence electrons. The van der Waals surface area contributed by atoms with Gasteiger partial charge in [0.05, 0.1) is 12.6 Å². The molecule has 1 aliphatic heterocycles. The molecule has 1 atom stereocenters. The molecule has 1 heterocycles. The molecule has 1 aliphatic rings. The summed E-state index contributed by atoms with van der Waals surface area (Å²) in [6.07, 6.45) is 3.57. The Morgan fingerprint density at radius 3 is 3.10 bits per heavy atom. The zero-order valence-electron chi connectivity index (χ0n) is 5.86. The van der Waals surface area contributed by atoms with Crippen molar-refractivity contribution >= 4 is 0 Å². The molecule has 0 unspecified atom stereocenters. The molecule has 4 heteroatoms. The van der Waals surface area contributed by atoms with Crippen LogP contribution < -0.4 is 0 Å². The fourth-order valence-electron chi connectivity index (χ4n) is 1.08. The SMILES string of the molecule is [N-]=[N+]=NC[C@@H]1CCCCO1. The van der Waals surface area contributed by atoms with Gasteiger partial charge in [0.25, 0.3) is 0 Å². The minimum absolute atomic E-state index is 0.185. The third-order valence-electron chi connectivity index (χ3n) is 1.62. The monoisotopic (exact) mass is 141 g/mol. The molecule has 0 saturated carbocycles. The summed E-state index contributed by atoms with van der Waals surface area (Å²) in [5, 5.41) is 3.45. The van der Waals surface area contributed by atoms with E-state index in [0.717, 1.165) is 19.4 Å². The molecular weight excluding hydrogens is 130 g/mol. The van der Waals surface area contributed by atoms with E-state index in [0.29, 0.717) is 6.54 Å².